The minimum absolute atomic E-state index is 0.0404. The zero-order chi connectivity index (χ0) is 27.0. The van der Waals surface area contributed by atoms with Gasteiger partial charge in [-0.3, -0.25) is 14.4 Å². The van der Waals surface area contributed by atoms with Crippen LogP contribution in [-0.4, -0.2) is 57.0 Å². The zero-order valence-corrected chi connectivity index (χ0v) is 23.0. The van der Waals surface area contributed by atoms with E-state index >= 15 is 0 Å². The number of carboxylic acid groups (broad SMARTS) is 1. The van der Waals surface area contributed by atoms with Gasteiger partial charge in [0.25, 0.3) is 11.8 Å². The molecular formula is C26H40N4O6S. The summed E-state index contributed by atoms with van der Waals surface area (Å²) in [7, 11) is 0. The molecule has 206 valence electrons. The molecule has 5 rings (SSSR count). The van der Waals surface area contributed by atoms with Gasteiger partial charge in [0.15, 0.2) is 0 Å². The van der Waals surface area contributed by atoms with Gasteiger partial charge in [-0.1, -0.05) is 13.8 Å². The normalized spacial score (nSPS) is 27.2. The van der Waals surface area contributed by atoms with Gasteiger partial charge in [-0.15, -0.1) is 11.8 Å². The van der Waals surface area contributed by atoms with Crippen LogP contribution in [-0.2, 0) is 9.59 Å². The van der Waals surface area contributed by atoms with Gasteiger partial charge in [0, 0.05) is 17.2 Å². The third-order valence-corrected chi connectivity index (χ3v) is 8.70. The highest BCUT2D eigenvalue weighted by Crippen LogP contribution is 2.55. The van der Waals surface area contributed by atoms with E-state index in [9.17, 15) is 14.4 Å². The van der Waals surface area contributed by atoms with Crippen LogP contribution >= 0.6 is 11.8 Å². The number of ether oxygens (including phenoxy) is 1. The molecule has 1 aromatic heterocycles. The average Bonchev–Trinajstić information content (AvgIpc) is 3.16. The highest BCUT2D eigenvalue weighted by molar-refractivity contribution is 8.00. The molecular weight excluding hydrogens is 496 g/mol. The maximum absolute atomic E-state index is 13.4. The number of nitrogens with zero attached hydrogens (tertiary/aromatic N) is 1. The Kier molecular flexibility index (Phi) is 8.13. The molecule has 11 heteroatoms. The highest BCUT2D eigenvalue weighted by Gasteiger charge is 2.52. The summed E-state index contributed by atoms with van der Waals surface area (Å²) in [5.41, 5.74) is 4.86. The number of nitrogens with two attached hydrogens (primary N) is 1. The van der Waals surface area contributed by atoms with Crippen molar-refractivity contribution in [3.63, 3.8) is 0 Å². The molecule has 0 radical (unpaired) electrons. The number of nitrogens with one attached hydrogen (secondary N) is 2. The summed E-state index contributed by atoms with van der Waals surface area (Å²) in [6.07, 6.45) is 6.85. The molecule has 5 N–H and O–H groups in total. The van der Waals surface area contributed by atoms with E-state index in [-0.39, 0.29) is 47.8 Å². The van der Waals surface area contributed by atoms with Crippen molar-refractivity contribution >= 4 is 29.5 Å². The van der Waals surface area contributed by atoms with Crippen molar-refractivity contribution in [1.29, 1.82) is 0 Å². The van der Waals surface area contributed by atoms with Crippen LogP contribution in [0, 0.1) is 17.8 Å². The van der Waals surface area contributed by atoms with Crippen LogP contribution in [0.4, 0.5) is 0 Å². The summed E-state index contributed by atoms with van der Waals surface area (Å²) in [5, 5.41) is 19.2. The molecule has 1 heterocycles. The molecule has 0 unspecified atom stereocenters. The molecule has 10 nitrogen and oxygen atoms in total. The number of rotatable bonds is 12. The fraction of sp³-hybridized carbons (Fsp3) is 0.769. The average molecular weight is 537 g/mol. The van der Waals surface area contributed by atoms with Crippen LogP contribution in [0.5, 0.6) is 5.88 Å². The number of carbonyl (C=O) groups is 3. The van der Waals surface area contributed by atoms with Gasteiger partial charge in [-0.2, -0.15) is 0 Å². The summed E-state index contributed by atoms with van der Waals surface area (Å²) in [6.45, 7) is 7.63. The van der Waals surface area contributed by atoms with Gasteiger partial charge >= 0.3 is 5.97 Å². The second kappa shape index (κ2) is 10.8. The number of thioether (sulfide) groups is 1. The maximum atomic E-state index is 13.4. The van der Waals surface area contributed by atoms with Crippen LogP contribution in [0.3, 0.4) is 0 Å². The van der Waals surface area contributed by atoms with Crippen molar-refractivity contribution in [2.24, 2.45) is 23.5 Å². The SMILES string of the molecule is CC(C)Sc1c(OCC(C)(C)NC(=O)[C@H](N)CCC(=O)O)noc1C(=O)NC12CC3CC(CC(C3)C1)C2. The summed E-state index contributed by atoms with van der Waals surface area (Å²) < 4.78 is 11.5. The van der Waals surface area contributed by atoms with Gasteiger partial charge in [0.1, 0.15) is 11.5 Å². The van der Waals surface area contributed by atoms with Crippen LogP contribution in [0.15, 0.2) is 9.42 Å². The molecule has 4 fully saturated rings. The topological polar surface area (TPSA) is 157 Å². The van der Waals surface area contributed by atoms with E-state index < -0.39 is 23.5 Å². The van der Waals surface area contributed by atoms with E-state index in [1.54, 1.807) is 13.8 Å². The summed E-state index contributed by atoms with van der Waals surface area (Å²) >= 11 is 1.45. The Morgan fingerprint density at radius 1 is 1.19 bits per heavy atom. The summed E-state index contributed by atoms with van der Waals surface area (Å²) in [6, 6.07) is -0.936. The number of amides is 2. The van der Waals surface area contributed by atoms with Crippen molar-refractivity contribution in [3.8, 4) is 5.88 Å². The number of hydrogen-bond donors (Lipinski definition) is 4. The number of hydrogen-bond acceptors (Lipinski definition) is 8. The minimum atomic E-state index is -1.00. The van der Waals surface area contributed by atoms with Crippen LogP contribution < -0.4 is 21.1 Å². The molecule has 1 aromatic rings. The second-order valence-electron chi connectivity index (χ2n) is 12.2. The monoisotopic (exact) mass is 536 g/mol. The van der Waals surface area contributed by atoms with E-state index in [1.165, 1.54) is 31.0 Å². The molecule has 2 amide bonds. The number of aromatic nitrogens is 1. The number of carboxylic acids is 1. The van der Waals surface area contributed by atoms with E-state index in [1.807, 2.05) is 13.8 Å². The Bertz CT molecular complexity index is 987. The fourth-order valence-electron chi connectivity index (χ4n) is 6.53. The van der Waals surface area contributed by atoms with Gasteiger partial charge in [-0.05, 0) is 81.7 Å². The van der Waals surface area contributed by atoms with Crippen LogP contribution in [0.2, 0.25) is 0 Å². The van der Waals surface area contributed by atoms with Gasteiger partial charge in [0.2, 0.25) is 11.7 Å². The van der Waals surface area contributed by atoms with Crippen molar-refractivity contribution in [3.05, 3.63) is 5.76 Å². The Morgan fingerprint density at radius 2 is 1.78 bits per heavy atom. The molecule has 0 aromatic carbocycles. The molecule has 1 atom stereocenters. The molecule has 0 spiro atoms. The first-order valence-electron chi connectivity index (χ1n) is 13.3. The molecule has 0 saturated heterocycles. The highest BCUT2D eigenvalue weighted by atomic mass is 32.2. The number of aliphatic carboxylic acids is 1. The molecule has 4 aliphatic rings. The second-order valence-corrected chi connectivity index (χ2v) is 13.8. The van der Waals surface area contributed by atoms with Crippen molar-refractivity contribution < 1.29 is 28.8 Å². The third kappa shape index (κ3) is 6.79. The van der Waals surface area contributed by atoms with Crippen LogP contribution in [0.1, 0.15) is 89.6 Å². The molecule has 4 saturated carbocycles. The lowest BCUT2D eigenvalue weighted by Crippen LogP contribution is -2.59. The summed E-state index contributed by atoms with van der Waals surface area (Å²) in [4.78, 5) is 37.2. The van der Waals surface area contributed by atoms with Crippen molar-refractivity contribution in [2.75, 3.05) is 6.61 Å². The zero-order valence-electron chi connectivity index (χ0n) is 22.2. The lowest BCUT2D eigenvalue weighted by Gasteiger charge is -2.56. The van der Waals surface area contributed by atoms with E-state index in [2.05, 4.69) is 15.8 Å². The quantitative estimate of drug-likeness (QED) is 0.294. The molecule has 4 bridgehead atoms. The van der Waals surface area contributed by atoms with E-state index in [0.717, 1.165) is 19.3 Å². The molecule has 4 aliphatic carbocycles. The predicted molar refractivity (Wildman–Crippen MR) is 138 cm³/mol. The van der Waals surface area contributed by atoms with E-state index in [0.29, 0.717) is 22.6 Å². The molecule has 0 aliphatic heterocycles. The number of carbonyl (C=O) groups excluding carboxylic acids is 2. The van der Waals surface area contributed by atoms with Crippen LogP contribution in [0.25, 0.3) is 0 Å². The molecule has 37 heavy (non-hydrogen) atoms. The van der Waals surface area contributed by atoms with Gasteiger partial charge in [0.05, 0.1) is 11.6 Å². The van der Waals surface area contributed by atoms with Gasteiger partial charge < -0.3 is 30.7 Å². The van der Waals surface area contributed by atoms with E-state index in [4.69, 9.17) is 20.1 Å². The predicted octanol–water partition coefficient (Wildman–Crippen LogP) is 3.34. The smallest absolute Gasteiger partial charge is 0.303 e. The Morgan fingerprint density at radius 3 is 2.32 bits per heavy atom. The standard InChI is InChI=1S/C26H40N4O6S/c1-14(2)37-21-20(23(34)29-26-10-15-7-16(11-26)9-17(8-15)12-26)36-30-24(21)35-13-25(3,4)28-22(33)18(27)5-6-19(31)32/h14-18H,5-13,27H2,1-4H3,(H,28,33)(H,29,34)(H,31,32)/t15?,16?,17?,18-,26?/m1/s1. The largest absolute Gasteiger partial charge is 0.481 e. The van der Waals surface area contributed by atoms with Gasteiger partial charge in [-0.25, -0.2) is 0 Å². The third-order valence-electron chi connectivity index (χ3n) is 7.63. The summed E-state index contributed by atoms with van der Waals surface area (Å²) in [5.74, 6) is 0.800. The Hall–Kier alpha value is -2.27. The first kappa shape index (κ1) is 27.8. The van der Waals surface area contributed by atoms with Crippen molar-refractivity contribution in [2.45, 2.75) is 106 Å². The first-order valence-corrected chi connectivity index (χ1v) is 14.1. The lowest BCUT2D eigenvalue weighted by atomic mass is 9.53. The first-order chi connectivity index (χ1) is 17.3. The maximum Gasteiger partial charge on any atom is 0.303 e. The Labute approximate surface area is 222 Å². The minimum Gasteiger partial charge on any atom is -0.481 e. The Balaban J connectivity index is 1.41. The fourth-order valence-corrected chi connectivity index (χ4v) is 7.43. The lowest BCUT2D eigenvalue weighted by molar-refractivity contribution is -0.137. The van der Waals surface area contributed by atoms with Crippen molar-refractivity contribution in [1.82, 2.24) is 15.8 Å².